The molecule has 6 nitrogen and oxygen atoms in total. The van der Waals surface area contributed by atoms with Crippen molar-refractivity contribution in [2.24, 2.45) is 5.84 Å². The summed E-state index contributed by atoms with van der Waals surface area (Å²) in [5.41, 5.74) is 4.88. The van der Waals surface area contributed by atoms with Crippen molar-refractivity contribution in [3.8, 4) is 0 Å². The van der Waals surface area contributed by atoms with Crippen molar-refractivity contribution in [2.45, 2.75) is 13.5 Å². The van der Waals surface area contributed by atoms with Gasteiger partial charge in [0.15, 0.2) is 0 Å². The minimum atomic E-state index is -0.0985. The highest BCUT2D eigenvalue weighted by Crippen LogP contribution is 2.20. The van der Waals surface area contributed by atoms with Crippen LogP contribution in [0.25, 0.3) is 10.9 Å². The maximum Gasteiger partial charge on any atom is 0.253 e. The first-order valence-corrected chi connectivity index (χ1v) is 6.56. The lowest BCUT2D eigenvalue weighted by Gasteiger charge is -2.11. The number of fused-ring (bicyclic) bond motifs is 1. The van der Waals surface area contributed by atoms with Gasteiger partial charge in [-0.25, -0.2) is 15.8 Å². The molecule has 3 aromatic rings. The fraction of sp³-hybridized carbons (Fsp3) is 0.133. The number of aryl methyl sites for hydroxylation is 1. The Morgan fingerprint density at radius 1 is 1.29 bits per heavy atom. The Bertz CT molecular complexity index is 856. The first-order valence-electron chi connectivity index (χ1n) is 6.56. The van der Waals surface area contributed by atoms with Crippen LogP contribution in [0.3, 0.4) is 0 Å². The van der Waals surface area contributed by atoms with E-state index in [-0.39, 0.29) is 5.56 Å². The SMILES string of the molecule is Cc1cc(=O)n(Cc2cc3ccccc3nc2NN)cn1. The summed E-state index contributed by atoms with van der Waals surface area (Å²) in [5, 5.41) is 1.000. The van der Waals surface area contributed by atoms with Crippen LogP contribution in [0.4, 0.5) is 5.82 Å². The number of hydrazine groups is 1. The smallest absolute Gasteiger partial charge is 0.253 e. The Balaban J connectivity index is 2.08. The summed E-state index contributed by atoms with van der Waals surface area (Å²) >= 11 is 0. The fourth-order valence-electron chi connectivity index (χ4n) is 2.22. The molecular weight excluding hydrogens is 266 g/mol. The first kappa shape index (κ1) is 13.3. The Hall–Kier alpha value is -2.73. The molecule has 0 aliphatic carbocycles. The molecule has 0 saturated heterocycles. The van der Waals surface area contributed by atoms with E-state index in [1.807, 2.05) is 30.3 Å². The molecule has 3 rings (SSSR count). The fourth-order valence-corrected chi connectivity index (χ4v) is 2.22. The zero-order valence-corrected chi connectivity index (χ0v) is 11.6. The zero-order chi connectivity index (χ0) is 14.8. The molecule has 2 aromatic heterocycles. The summed E-state index contributed by atoms with van der Waals surface area (Å²) in [6.45, 7) is 2.15. The van der Waals surface area contributed by atoms with Crippen molar-refractivity contribution >= 4 is 16.7 Å². The third-order valence-electron chi connectivity index (χ3n) is 3.30. The molecule has 0 spiro atoms. The lowest BCUT2D eigenvalue weighted by Crippen LogP contribution is -2.22. The maximum absolute atomic E-state index is 12.0. The summed E-state index contributed by atoms with van der Waals surface area (Å²) in [6, 6.07) is 11.2. The predicted octanol–water partition coefficient (Wildman–Crippen LogP) is 1.43. The predicted molar refractivity (Wildman–Crippen MR) is 81.9 cm³/mol. The number of pyridine rings is 1. The van der Waals surface area contributed by atoms with Crippen LogP contribution >= 0.6 is 0 Å². The van der Waals surface area contributed by atoms with Gasteiger partial charge in [0, 0.05) is 22.7 Å². The van der Waals surface area contributed by atoms with Crippen LogP contribution in [0.2, 0.25) is 0 Å². The van der Waals surface area contributed by atoms with Gasteiger partial charge in [0.2, 0.25) is 0 Å². The largest absolute Gasteiger partial charge is 0.308 e. The Morgan fingerprint density at radius 2 is 2.10 bits per heavy atom. The highest BCUT2D eigenvalue weighted by Gasteiger charge is 2.08. The molecule has 1 aromatic carbocycles. The first-order chi connectivity index (χ1) is 10.2. The monoisotopic (exact) mass is 281 g/mol. The number of para-hydroxylation sites is 1. The van der Waals surface area contributed by atoms with E-state index < -0.39 is 0 Å². The Kier molecular flexibility index (Phi) is 3.37. The second kappa shape index (κ2) is 5.34. The van der Waals surface area contributed by atoms with E-state index >= 15 is 0 Å². The number of aromatic nitrogens is 3. The number of nitrogen functional groups attached to an aromatic ring is 1. The molecule has 0 aliphatic rings. The quantitative estimate of drug-likeness (QED) is 0.560. The average molecular weight is 281 g/mol. The van der Waals surface area contributed by atoms with Crippen LogP contribution in [-0.4, -0.2) is 14.5 Å². The Labute approximate surface area is 121 Å². The van der Waals surface area contributed by atoms with Crippen molar-refractivity contribution in [1.82, 2.24) is 14.5 Å². The molecule has 2 heterocycles. The topological polar surface area (TPSA) is 85.8 Å². The molecule has 3 N–H and O–H groups in total. The van der Waals surface area contributed by atoms with Gasteiger partial charge in [-0.05, 0) is 19.1 Å². The number of hydrogen-bond donors (Lipinski definition) is 2. The van der Waals surface area contributed by atoms with E-state index in [0.717, 1.165) is 16.5 Å². The van der Waals surface area contributed by atoms with Crippen LogP contribution in [0.15, 0.2) is 47.5 Å². The van der Waals surface area contributed by atoms with Crippen molar-refractivity contribution in [3.63, 3.8) is 0 Å². The van der Waals surface area contributed by atoms with Gasteiger partial charge in [0.25, 0.3) is 5.56 Å². The van der Waals surface area contributed by atoms with Crippen molar-refractivity contribution < 1.29 is 0 Å². The number of nitrogens with two attached hydrogens (primary N) is 1. The summed E-state index contributed by atoms with van der Waals surface area (Å²) in [7, 11) is 0. The number of benzene rings is 1. The molecule has 6 heteroatoms. The maximum atomic E-state index is 12.0. The second-order valence-electron chi connectivity index (χ2n) is 4.83. The van der Waals surface area contributed by atoms with E-state index in [9.17, 15) is 4.79 Å². The van der Waals surface area contributed by atoms with E-state index in [1.54, 1.807) is 6.92 Å². The van der Waals surface area contributed by atoms with Crippen LogP contribution in [0.5, 0.6) is 0 Å². The normalized spacial score (nSPS) is 10.8. The number of nitrogens with one attached hydrogen (secondary N) is 1. The van der Waals surface area contributed by atoms with E-state index in [4.69, 9.17) is 5.84 Å². The van der Waals surface area contributed by atoms with Crippen molar-refractivity contribution in [3.05, 3.63) is 64.3 Å². The molecule has 0 unspecified atom stereocenters. The molecule has 0 amide bonds. The summed E-state index contributed by atoms with van der Waals surface area (Å²) in [4.78, 5) is 20.6. The highest BCUT2D eigenvalue weighted by atomic mass is 16.1. The molecule has 0 bridgehead atoms. The van der Waals surface area contributed by atoms with Gasteiger partial charge in [-0.1, -0.05) is 18.2 Å². The lowest BCUT2D eigenvalue weighted by atomic mass is 10.1. The van der Waals surface area contributed by atoms with Gasteiger partial charge in [0.1, 0.15) is 5.82 Å². The molecule has 106 valence electrons. The minimum Gasteiger partial charge on any atom is -0.308 e. The number of hydrogen-bond acceptors (Lipinski definition) is 5. The summed E-state index contributed by atoms with van der Waals surface area (Å²) in [5.74, 6) is 6.10. The van der Waals surface area contributed by atoms with E-state index in [1.165, 1.54) is 17.0 Å². The third-order valence-corrected chi connectivity index (χ3v) is 3.30. The van der Waals surface area contributed by atoms with Gasteiger partial charge < -0.3 is 5.43 Å². The van der Waals surface area contributed by atoms with Gasteiger partial charge in [0.05, 0.1) is 18.4 Å². The Morgan fingerprint density at radius 3 is 2.86 bits per heavy atom. The molecule has 0 saturated carbocycles. The number of anilines is 1. The summed E-state index contributed by atoms with van der Waals surface area (Å²) in [6.07, 6.45) is 1.53. The van der Waals surface area contributed by atoms with Crippen LogP contribution in [-0.2, 0) is 6.54 Å². The molecule has 0 fully saturated rings. The molecule has 0 radical (unpaired) electrons. The standard InChI is InChI=1S/C15H15N5O/c1-10-6-14(21)20(9-17-10)8-12-7-11-4-2-3-5-13(11)18-15(12)19-16/h2-7,9H,8,16H2,1H3,(H,18,19). The minimum absolute atomic E-state index is 0.0985. The summed E-state index contributed by atoms with van der Waals surface area (Å²) < 4.78 is 1.53. The highest BCUT2D eigenvalue weighted by molar-refractivity contribution is 5.81. The van der Waals surface area contributed by atoms with Crippen molar-refractivity contribution in [1.29, 1.82) is 0 Å². The number of nitrogens with zero attached hydrogens (tertiary/aromatic N) is 3. The second-order valence-corrected chi connectivity index (χ2v) is 4.83. The lowest BCUT2D eigenvalue weighted by molar-refractivity contribution is 0.729. The van der Waals surface area contributed by atoms with Gasteiger partial charge in [-0.15, -0.1) is 0 Å². The molecule has 0 aliphatic heterocycles. The average Bonchev–Trinajstić information content (AvgIpc) is 2.49. The molecular formula is C15H15N5O. The van der Waals surface area contributed by atoms with Crippen LogP contribution < -0.4 is 16.8 Å². The van der Waals surface area contributed by atoms with Crippen LogP contribution in [0, 0.1) is 6.92 Å². The zero-order valence-electron chi connectivity index (χ0n) is 11.6. The van der Waals surface area contributed by atoms with Crippen LogP contribution in [0.1, 0.15) is 11.3 Å². The third kappa shape index (κ3) is 2.61. The number of rotatable bonds is 3. The van der Waals surface area contributed by atoms with E-state index in [0.29, 0.717) is 18.1 Å². The van der Waals surface area contributed by atoms with Gasteiger partial charge in [-0.3, -0.25) is 9.36 Å². The van der Waals surface area contributed by atoms with Gasteiger partial charge >= 0.3 is 0 Å². The van der Waals surface area contributed by atoms with E-state index in [2.05, 4.69) is 15.4 Å². The van der Waals surface area contributed by atoms with Gasteiger partial charge in [-0.2, -0.15) is 0 Å². The van der Waals surface area contributed by atoms with Crippen molar-refractivity contribution in [2.75, 3.05) is 5.43 Å². The molecule has 0 atom stereocenters. The molecule has 21 heavy (non-hydrogen) atoms.